The summed E-state index contributed by atoms with van der Waals surface area (Å²) in [7, 11) is 1.60. The number of benzene rings is 4. The van der Waals surface area contributed by atoms with Crippen LogP contribution < -0.4 is 21.1 Å². The molecule has 0 fully saturated rings. The Kier molecular flexibility index (Phi) is 9.08. The van der Waals surface area contributed by atoms with Gasteiger partial charge in [0.1, 0.15) is 17.6 Å². The van der Waals surface area contributed by atoms with E-state index in [2.05, 4.69) is 10.6 Å². The monoisotopic (exact) mass is 520 g/mol. The summed E-state index contributed by atoms with van der Waals surface area (Å²) in [6, 6.07) is 32.7. The van der Waals surface area contributed by atoms with Crippen LogP contribution in [-0.2, 0) is 22.6 Å². The quantitative estimate of drug-likeness (QED) is 0.176. The lowest BCUT2D eigenvalue weighted by atomic mass is 9.90. The highest BCUT2D eigenvalue weighted by Crippen LogP contribution is 2.25. The topological polar surface area (TPSA) is 117 Å². The third-order valence-electron chi connectivity index (χ3n) is 6.46. The van der Waals surface area contributed by atoms with Crippen LogP contribution in [0.5, 0.6) is 5.75 Å². The van der Waals surface area contributed by atoms with E-state index in [9.17, 15) is 9.59 Å². The number of carbonyl (C=O) groups excluding carboxylic acids is 2. The number of methoxy groups -OCH3 is 1. The van der Waals surface area contributed by atoms with Crippen molar-refractivity contribution in [3.05, 3.63) is 137 Å². The highest BCUT2D eigenvalue weighted by atomic mass is 16.5. The van der Waals surface area contributed by atoms with E-state index in [0.717, 1.165) is 28.0 Å². The van der Waals surface area contributed by atoms with Crippen molar-refractivity contribution in [2.24, 2.45) is 5.73 Å². The van der Waals surface area contributed by atoms with Crippen molar-refractivity contribution in [3.8, 4) is 5.75 Å². The maximum atomic E-state index is 13.8. The predicted octanol–water partition coefficient (Wildman–Crippen LogP) is 4.16. The molecular formula is C32H32N4O3. The van der Waals surface area contributed by atoms with Crippen LogP contribution in [0.3, 0.4) is 0 Å². The van der Waals surface area contributed by atoms with Crippen LogP contribution in [0.15, 0.2) is 109 Å². The molecule has 0 aliphatic carbocycles. The van der Waals surface area contributed by atoms with E-state index >= 15 is 0 Å². The van der Waals surface area contributed by atoms with Crippen LogP contribution in [0.2, 0.25) is 0 Å². The van der Waals surface area contributed by atoms with Gasteiger partial charge in [-0.3, -0.25) is 15.0 Å². The number of nitrogens with two attached hydrogens (primary N) is 1. The number of amides is 2. The first kappa shape index (κ1) is 27.1. The minimum Gasteiger partial charge on any atom is -0.497 e. The van der Waals surface area contributed by atoms with Crippen molar-refractivity contribution in [2.45, 2.75) is 24.9 Å². The van der Waals surface area contributed by atoms with Gasteiger partial charge in [-0.15, -0.1) is 0 Å². The molecule has 4 aromatic carbocycles. The van der Waals surface area contributed by atoms with E-state index in [1.807, 2.05) is 91.0 Å². The van der Waals surface area contributed by atoms with Crippen LogP contribution in [0, 0.1) is 5.41 Å². The fourth-order valence-corrected chi connectivity index (χ4v) is 4.41. The van der Waals surface area contributed by atoms with Crippen molar-refractivity contribution < 1.29 is 14.3 Å². The first-order chi connectivity index (χ1) is 18.9. The standard InChI is InChI=1S/C32H32N4O3/c1-39-27-17-15-22(16-18-27)21-35-31(37)28(20-23-9-8-14-26(19-23)30(33)34)36-32(38)29(24-10-4-2-5-11-24)25-12-6-3-7-13-25/h2-19,28-29H,20-21H2,1H3,(H3,33,34)(H,35,37)(H,36,38). The average Bonchev–Trinajstić information content (AvgIpc) is 2.97. The molecule has 7 nitrogen and oxygen atoms in total. The largest absolute Gasteiger partial charge is 0.497 e. The Morgan fingerprint density at radius 2 is 1.41 bits per heavy atom. The summed E-state index contributed by atoms with van der Waals surface area (Å²) in [4.78, 5) is 27.3. The number of hydrogen-bond donors (Lipinski definition) is 4. The van der Waals surface area contributed by atoms with E-state index in [-0.39, 0.29) is 24.1 Å². The molecule has 2 amide bonds. The van der Waals surface area contributed by atoms with E-state index in [1.54, 1.807) is 25.3 Å². The fraction of sp³-hybridized carbons (Fsp3) is 0.156. The molecule has 0 saturated heterocycles. The summed E-state index contributed by atoms with van der Waals surface area (Å²) in [5.41, 5.74) is 9.58. The zero-order valence-electron chi connectivity index (χ0n) is 21.8. The molecule has 1 atom stereocenters. The van der Waals surface area contributed by atoms with Crippen molar-refractivity contribution in [3.63, 3.8) is 0 Å². The van der Waals surface area contributed by atoms with E-state index < -0.39 is 12.0 Å². The molecule has 39 heavy (non-hydrogen) atoms. The lowest BCUT2D eigenvalue weighted by Gasteiger charge is -2.23. The van der Waals surface area contributed by atoms with Gasteiger partial charge in [-0.25, -0.2) is 0 Å². The number of ether oxygens (including phenoxy) is 1. The van der Waals surface area contributed by atoms with Gasteiger partial charge >= 0.3 is 0 Å². The van der Waals surface area contributed by atoms with Crippen molar-refractivity contribution in [2.75, 3.05) is 7.11 Å². The Hall–Kier alpha value is -4.91. The van der Waals surface area contributed by atoms with Crippen LogP contribution in [0.1, 0.15) is 33.7 Å². The van der Waals surface area contributed by atoms with E-state index in [1.165, 1.54) is 0 Å². The van der Waals surface area contributed by atoms with Gasteiger partial charge in [0.05, 0.1) is 13.0 Å². The molecule has 0 aliphatic heterocycles. The molecular weight excluding hydrogens is 488 g/mol. The van der Waals surface area contributed by atoms with Gasteiger partial charge < -0.3 is 21.1 Å². The zero-order chi connectivity index (χ0) is 27.6. The Bertz CT molecular complexity index is 1370. The molecule has 0 aliphatic rings. The molecule has 0 heterocycles. The smallest absolute Gasteiger partial charge is 0.243 e. The Morgan fingerprint density at radius 1 is 0.795 bits per heavy atom. The Balaban J connectivity index is 1.59. The highest BCUT2D eigenvalue weighted by Gasteiger charge is 2.28. The maximum Gasteiger partial charge on any atom is 0.243 e. The number of nitrogen functional groups attached to an aromatic ring is 1. The molecule has 7 heteroatoms. The van der Waals surface area contributed by atoms with Crippen LogP contribution in [-0.4, -0.2) is 30.8 Å². The first-order valence-corrected chi connectivity index (χ1v) is 12.7. The Morgan fingerprint density at radius 3 is 1.97 bits per heavy atom. The number of amidine groups is 1. The second-order valence-electron chi connectivity index (χ2n) is 9.20. The van der Waals surface area contributed by atoms with Gasteiger partial charge in [-0.05, 0) is 40.5 Å². The summed E-state index contributed by atoms with van der Waals surface area (Å²) in [6.07, 6.45) is 0.234. The summed E-state index contributed by atoms with van der Waals surface area (Å²) in [5.74, 6) is -0.511. The normalized spacial score (nSPS) is 11.4. The predicted molar refractivity (Wildman–Crippen MR) is 153 cm³/mol. The van der Waals surface area contributed by atoms with Gasteiger partial charge in [0, 0.05) is 18.5 Å². The van der Waals surface area contributed by atoms with Crippen molar-refractivity contribution in [1.82, 2.24) is 10.6 Å². The lowest BCUT2D eigenvalue weighted by Crippen LogP contribution is -2.49. The molecule has 5 N–H and O–H groups in total. The zero-order valence-corrected chi connectivity index (χ0v) is 21.8. The number of nitrogens with one attached hydrogen (secondary N) is 3. The number of carbonyl (C=O) groups is 2. The van der Waals surface area contributed by atoms with Gasteiger partial charge in [0.2, 0.25) is 11.8 Å². The number of hydrogen-bond acceptors (Lipinski definition) is 4. The van der Waals surface area contributed by atoms with Crippen molar-refractivity contribution in [1.29, 1.82) is 5.41 Å². The van der Waals surface area contributed by atoms with Crippen LogP contribution in [0.25, 0.3) is 0 Å². The molecule has 0 bridgehead atoms. The van der Waals surface area contributed by atoms with E-state index in [0.29, 0.717) is 12.1 Å². The molecule has 1 unspecified atom stereocenters. The molecule has 0 aromatic heterocycles. The average molecular weight is 521 g/mol. The van der Waals surface area contributed by atoms with Crippen LogP contribution >= 0.6 is 0 Å². The number of rotatable bonds is 11. The summed E-state index contributed by atoms with van der Waals surface area (Å²) >= 11 is 0. The van der Waals surface area contributed by atoms with Crippen molar-refractivity contribution >= 4 is 17.6 Å². The molecule has 0 saturated carbocycles. The van der Waals surface area contributed by atoms with Gasteiger partial charge in [-0.1, -0.05) is 91.0 Å². The fourth-order valence-electron chi connectivity index (χ4n) is 4.41. The second kappa shape index (κ2) is 13.1. The van der Waals surface area contributed by atoms with Gasteiger partial charge in [-0.2, -0.15) is 0 Å². The second-order valence-corrected chi connectivity index (χ2v) is 9.20. The molecule has 4 rings (SSSR count). The third kappa shape index (κ3) is 7.32. The molecule has 4 aromatic rings. The summed E-state index contributed by atoms with van der Waals surface area (Å²) < 4.78 is 5.21. The SMILES string of the molecule is COc1ccc(CNC(=O)C(Cc2cccc(C(=N)N)c2)NC(=O)C(c2ccccc2)c2ccccc2)cc1. The first-order valence-electron chi connectivity index (χ1n) is 12.7. The summed E-state index contributed by atoms with van der Waals surface area (Å²) in [6.45, 7) is 0.295. The van der Waals surface area contributed by atoms with E-state index in [4.69, 9.17) is 15.9 Å². The highest BCUT2D eigenvalue weighted by molar-refractivity contribution is 5.95. The lowest BCUT2D eigenvalue weighted by molar-refractivity contribution is -0.129. The molecule has 0 spiro atoms. The minimum absolute atomic E-state index is 0.0605. The van der Waals surface area contributed by atoms with Crippen LogP contribution in [0.4, 0.5) is 0 Å². The molecule has 198 valence electrons. The maximum absolute atomic E-state index is 13.8. The summed E-state index contributed by atoms with van der Waals surface area (Å²) in [5, 5.41) is 13.7. The Labute approximate surface area is 228 Å². The molecule has 0 radical (unpaired) electrons. The third-order valence-corrected chi connectivity index (χ3v) is 6.46. The van der Waals surface area contributed by atoms with Gasteiger partial charge in [0.25, 0.3) is 0 Å². The van der Waals surface area contributed by atoms with Gasteiger partial charge in [0.15, 0.2) is 0 Å². The minimum atomic E-state index is -0.854.